The number of fused-ring (bicyclic) bond motifs is 1. The molecule has 1 heterocycles. The maximum atomic E-state index is 10.7. The van der Waals surface area contributed by atoms with Gasteiger partial charge >= 0.3 is 0 Å². The molecule has 1 unspecified atom stereocenters. The predicted octanol–water partition coefficient (Wildman–Crippen LogP) is 2.53. The highest BCUT2D eigenvalue weighted by Gasteiger charge is 2.24. The molecule has 0 radical (unpaired) electrons. The normalized spacial score (nSPS) is 20.0. The van der Waals surface area contributed by atoms with Gasteiger partial charge in [-0.2, -0.15) is 0 Å². The SMILES string of the molecule is Cc1cc(Br)cc2c1C(C=O)OC2. The van der Waals surface area contributed by atoms with Crippen molar-refractivity contribution in [1.82, 2.24) is 0 Å². The molecule has 1 aliphatic heterocycles. The van der Waals surface area contributed by atoms with E-state index in [2.05, 4.69) is 15.9 Å². The molecule has 0 amide bonds. The summed E-state index contributed by atoms with van der Waals surface area (Å²) in [5.41, 5.74) is 3.26. The number of aldehydes is 1. The summed E-state index contributed by atoms with van der Waals surface area (Å²) in [5, 5.41) is 0. The van der Waals surface area contributed by atoms with Crippen LogP contribution < -0.4 is 0 Å². The van der Waals surface area contributed by atoms with Crippen molar-refractivity contribution in [1.29, 1.82) is 0 Å². The molecule has 0 saturated heterocycles. The fourth-order valence-corrected chi connectivity index (χ4v) is 2.34. The van der Waals surface area contributed by atoms with Crippen molar-refractivity contribution in [2.24, 2.45) is 0 Å². The van der Waals surface area contributed by atoms with Gasteiger partial charge in [0.05, 0.1) is 6.61 Å². The molecule has 0 N–H and O–H groups in total. The van der Waals surface area contributed by atoms with Gasteiger partial charge in [0.15, 0.2) is 6.29 Å². The highest BCUT2D eigenvalue weighted by molar-refractivity contribution is 9.10. The summed E-state index contributed by atoms with van der Waals surface area (Å²) in [4.78, 5) is 10.7. The fraction of sp³-hybridized carbons (Fsp3) is 0.300. The topological polar surface area (TPSA) is 26.3 Å². The molecule has 1 aromatic rings. The maximum absolute atomic E-state index is 10.7. The molecule has 3 heteroatoms. The molecule has 0 aliphatic carbocycles. The van der Waals surface area contributed by atoms with Crippen LogP contribution in [0, 0.1) is 6.92 Å². The van der Waals surface area contributed by atoms with E-state index in [9.17, 15) is 4.79 Å². The average Bonchev–Trinajstić information content (AvgIpc) is 2.47. The molecule has 0 aromatic heterocycles. The lowest BCUT2D eigenvalue weighted by Crippen LogP contribution is -1.98. The van der Waals surface area contributed by atoms with Gasteiger partial charge in [-0.3, -0.25) is 0 Å². The fourth-order valence-electron chi connectivity index (χ4n) is 1.72. The van der Waals surface area contributed by atoms with Gasteiger partial charge < -0.3 is 9.53 Å². The number of halogens is 1. The zero-order valence-electron chi connectivity index (χ0n) is 7.21. The molecule has 1 aromatic carbocycles. The highest BCUT2D eigenvalue weighted by atomic mass is 79.9. The second-order valence-corrected chi connectivity index (χ2v) is 4.08. The van der Waals surface area contributed by atoms with Crippen molar-refractivity contribution in [3.63, 3.8) is 0 Å². The predicted molar refractivity (Wildman–Crippen MR) is 52.5 cm³/mol. The standard InChI is InChI=1S/C10H9BrO2/c1-6-2-8(11)3-7-5-13-9(4-12)10(6)7/h2-4,9H,5H2,1H3. The Kier molecular flexibility index (Phi) is 2.22. The van der Waals surface area contributed by atoms with Gasteiger partial charge in [0.1, 0.15) is 6.10 Å². The van der Waals surface area contributed by atoms with Crippen molar-refractivity contribution in [3.05, 3.63) is 33.3 Å². The van der Waals surface area contributed by atoms with Crippen LogP contribution in [0.25, 0.3) is 0 Å². The van der Waals surface area contributed by atoms with Crippen LogP contribution in [0.15, 0.2) is 16.6 Å². The summed E-state index contributed by atoms with van der Waals surface area (Å²) in [7, 11) is 0. The molecule has 2 nitrogen and oxygen atoms in total. The Labute approximate surface area is 85.0 Å². The van der Waals surface area contributed by atoms with Crippen LogP contribution in [-0.2, 0) is 16.1 Å². The van der Waals surface area contributed by atoms with Crippen LogP contribution >= 0.6 is 15.9 Å². The Morgan fingerprint density at radius 1 is 1.62 bits per heavy atom. The summed E-state index contributed by atoms with van der Waals surface area (Å²) >= 11 is 3.41. The number of hydrogen-bond donors (Lipinski definition) is 0. The molecule has 2 rings (SSSR count). The number of ether oxygens (including phenoxy) is 1. The number of rotatable bonds is 1. The number of carbonyl (C=O) groups excluding carboxylic acids is 1. The van der Waals surface area contributed by atoms with E-state index in [1.807, 2.05) is 19.1 Å². The summed E-state index contributed by atoms with van der Waals surface area (Å²) in [6.45, 7) is 2.54. The van der Waals surface area contributed by atoms with E-state index in [1.54, 1.807) is 0 Å². The van der Waals surface area contributed by atoms with Gasteiger partial charge in [-0.1, -0.05) is 15.9 Å². The van der Waals surface area contributed by atoms with Crippen molar-refractivity contribution >= 4 is 22.2 Å². The van der Waals surface area contributed by atoms with E-state index < -0.39 is 0 Å². The minimum absolute atomic E-state index is 0.358. The van der Waals surface area contributed by atoms with E-state index in [4.69, 9.17) is 4.74 Å². The second-order valence-electron chi connectivity index (χ2n) is 3.16. The van der Waals surface area contributed by atoms with Gasteiger partial charge in [0.2, 0.25) is 0 Å². The Bertz CT molecular complexity index is 360. The molecule has 0 spiro atoms. The molecule has 0 fully saturated rings. The molecular formula is C10H9BrO2. The molecule has 68 valence electrons. The first-order valence-corrected chi connectivity index (χ1v) is 4.87. The summed E-state index contributed by atoms with van der Waals surface area (Å²) in [6, 6.07) is 4.01. The van der Waals surface area contributed by atoms with Gasteiger partial charge in [-0.15, -0.1) is 0 Å². The van der Waals surface area contributed by atoms with Crippen molar-refractivity contribution < 1.29 is 9.53 Å². The maximum Gasteiger partial charge on any atom is 0.153 e. The molecular weight excluding hydrogens is 232 g/mol. The highest BCUT2D eigenvalue weighted by Crippen LogP contribution is 2.33. The van der Waals surface area contributed by atoms with Crippen LogP contribution in [0.5, 0.6) is 0 Å². The summed E-state index contributed by atoms with van der Waals surface area (Å²) in [5.74, 6) is 0. The second kappa shape index (κ2) is 3.24. The lowest BCUT2D eigenvalue weighted by atomic mass is 10.0. The Hall–Kier alpha value is -0.670. The summed E-state index contributed by atoms with van der Waals surface area (Å²) < 4.78 is 6.36. The zero-order chi connectivity index (χ0) is 9.42. The van der Waals surface area contributed by atoms with Crippen molar-refractivity contribution in [2.45, 2.75) is 19.6 Å². The van der Waals surface area contributed by atoms with Crippen LogP contribution in [0.3, 0.4) is 0 Å². The number of aryl methyl sites for hydroxylation is 1. The first-order valence-electron chi connectivity index (χ1n) is 4.08. The Morgan fingerprint density at radius 2 is 2.38 bits per heavy atom. The number of carbonyl (C=O) groups is 1. The quantitative estimate of drug-likeness (QED) is 0.706. The lowest BCUT2D eigenvalue weighted by Gasteiger charge is -2.06. The monoisotopic (exact) mass is 240 g/mol. The van der Waals surface area contributed by atoms with E-state index in [1.165, 1.54) is 0 Å². The number of hydrogen-bond acceptors (Lipinski definition) is 2. The molecule has 1 atom stereocenters. The van der Waals surface area contributed by atoms with E-state index in [-0.39, 0.29) is 6.10 Å². The first kappa shape index (κ1) is 8.91. The van der Waals surface area contributed by atoms with Crippen molar-refractivity contribution in [3.8, 4) is 0 Å². The third-order valence-electron chi connectivity index (χ3n) is 2.26. The van der Waals surface area contributed by atoms with E-state index in [0.717, 1.165) is 27.4 Å². The van der Waals surface area contributed by atoms with Crippen LogP contribution in [0.4, 0.5) is 0 Å². The van der Waals surface area contributed by atoms with Gasteiger partial charge in [0.25, 0.3) is 0 Å². The largest absolute Gasteiger partial charge is 0.361 e. The van der Waals surface area contributed by atoms with Crippen molar-refractivity contribution in [2.75, 3.05) is 0 Å². The average molecular weight is 241 g/mol. The minimum atomic E-state index is -0.358. The molecule has 13 heavy (non-hydrogen) atoms. The Balaban J connectivity index is 2.57. The van der Waals surface area contributed by atoms with Crippen LogP contribution in [0.2, 0.25) is 0 Å². The first-order chi connectivity index (χ1) is 6.22. The third-order valence-corrected chi connectivity index (χ3v) is 2.72. The van der Waals surface area contributed by atoms with Crippen LogP contribution in [0.1, 0.15) is 22.8 Å². The zero-order valence-corrected chi connectivity index (χ0v) is 8.80. The van der Waals surface area contributed by atoms with Crippen LogP contribution in [-0.4, -0.2) is 6.29 Å². The minimum Gasteiger partial charge on any atom is -0.361 e. The van der Waals surface area contributed by atoms with E-state index >= 15 is 0 Å². The number of benzene rings is 1. The van der Waals surface area contributed by atoms with E-state index in [0.29, 0.717) is 6.61 Å². The molecule has 1 aliphatic rings. The summed E-state index contributed by atoms with van der Waals surface area (Å²) in [6.07, 6.45) is 0.496. The van der Waals surface area contributed by atoms with Gasteiger partial charge in [-0.25, -0.2) is 0 Å². The van der Waals surface area contributed by atoms with Gasteiger partial charge in [0, 0.05) is 4.47 Å². The molecule has 0 bridgehead atoms. The third kappa shape index (κ3) is 1.42. The lowest BCUT2D eigenvalue weighted by molar-refractivity contribution is -0.117. The smallest absolute Gasteiger partial charge is 0.153 e. The van der Waals surface area contributed by atoms with Gasteiger partial charge in [-0.05, 0) is 35.7 Å². The Morgan fingerprint density at radius 3 is 3.08 bits per heavy atom. The molecule has 0 saturated carbocycles.